The van der Waals surface area contributed by atoms with Crippen LogP contribution in [0.15, 0.2) is 47.4 Å². The highest BCUT2D eigenvalue weighted by Gasteiger charge is 2.30. The number of amides is 1. The van der Waals surface area contributed by atoms with Crippen LogP contribution in [0.1, 0.15) is 26.2 Å². The first-order valence-electron chi connectivity index (χ1n) is 10.7. The highest BCUT2D eigenvalue weighted by atomic mass is 32.2. The van der Waals surface area contributed by atoms with Crippen LogP contribution >= 0.6 is 0 Å². The van der Waals surface area contributed by atoms with E-state index in [2.05, 4.69) is 0 Å². The number of sulfonamides is 1. The van der Waals surface area contributed by atoms with Crippen LogP contribution in [0.2, 0.25) is 0 Å². The molecule has 0 atom stereocenters. The molecular formula is C23H30N2O6S. The second-order valence-electron chi connectivity index (χ2n) is 7.40. The summed E-state index contributed by atoms with van der Waals surface area (Å²) in [5.41, 5.74) is 0.383. The van der Waals surface area contributed by atoms with E-state index in [-0.39, 0.29) is 17.3 Å². The molecule has 0 unspecified atom stereocenters. The monoisotopic (exact) mass is 462 g/mol. The predicted octanol–water partition coefficient (Wildman–Crippen LogP) is 3.31. The third kappa shape index (κ3) is 5.27. The molecule has 9 heteroatoms. The van der Waals surface area contributed by atoms with Gasteiger partial charge in [0.1, 0.15) is 12.3 Å². The fourth-order valence-electron chi connectivity index (χ4n) is 3.66. The quantitative estimate of drug-likeness (QED) is 0.568. The van der Waals surface area contributed by atoms with Crippen molar-refractivity contribution in [2.75, 3.05) is 44.8 Å². The maximum absolute atomic E-state index is 13.7. The van der Waals surface area contributed by atoms with Gasteiger partial charge in [-0.1, -0.05) is 0 Å². The number of rotatable bonds is 9. The van der Waals surface area contributed by atoms with E-state index < -0.39 is 10.0 Å². The first kappa shape index (κ1) is 23.7. The van der Waals surface area contributed by atoms with Crippen LogP contribution in [0.5, 0.6) is 17.2 Å². The van der Waals surface area contributed by atoms with Crippen LogP contribution in [0.3, 0.4) is 0 Å². The fourth-order valence-corrected chi connectivity index (χ4v) is 5.09. The third-order valence-electron chi connectivity index (χ3n) is 5.37. The lowest BCUT2D eigenvalue weighted by molar-refractivity contribution is -0.130. The second-order valence-corrected chi connectivity index (χ2v) is 9.26. The topological polar surface area (TPSA) is 85.4 Å². The molecule has 0 radical (unpaired) electrons. The number of methoxy groups -OCH3 is 2. The molecule has 2 aromatic rings. The van der Waals surface area contributed by atoms with E-state index in [1.54, 1.807) is 29.2 Å². The number of benzene rings is 2. The van der Waals surface area contributed by atoms with Crippen molar-refractivity contribution in [2.45, 2.75) is 31.1 Å². The zero-order chi connectivity index (χ0) is 23.1. The Labute approximate surface area is 189 Å². The van der Waals surface area contributed by atoms with Gasteiger partial charge in [0.2, 0.25) is 5.91 Å². The lowest BCUT2D eigenvalue weighted by atomic mass is 10.1. The Hall–Kier alpha value is -2.94. The van der Waals surface area contributed by atoms with Crippen molar-refractivity contribution >= 4 is 21.6 Å². The lowest BCUT2D eigenvalue weighted by Gasteiger charge is -2.30. The summed E-state index contributed by atoms with van der Waals surface area (Å²) in [7, 11) is -1.14. The number of piperidine rings is 1. The van der Waals surface area contributed by atoms with E-state index in [1.165, 1.54) is 32.4 Å². The molecule has 1 aliphatic rings. The molecule has 0 bridgehead atoms. The Morgan fingerprint density at radius 2 is 1.62 bits per heavy atom. The number of ether oxygens (including phenoxy) is 3. The Morgan fingerprint density at radius 1 is 0.969 bits per heavy atom. The third-order valence-corrected chi connectivity index (χ3v) is 7.14. The summed E-state index contributed by atoms with van der Waals surface area (Å²) < 4.78 is 44.4. The van der Waals surface area contributed by atoms with Crippen LogP contribution in [-0.2, 0) is 14.8 Å². The number of hydrogen-bond donors (Lipinski definition) is 0. The summed E-state index contributed by atoms with van der Waals surface area (Å²) in [5.74, 6) is 1.12. The number of carbonyl (C=O) groups is 1. The summed E-state index contributed by atoms with van der Waals surface area (Å²) in [5, 5.41) is 0. The van der Waals surface area contributed by atoms with E-state index in [9.17, 15) is 13.2 Å². The number of carbonyl (C=O) groups excluding carboxylic acids is 1. The summed E-state index contributed by atoms with van der Waals surface area (Å²) in [6.45, 7) is 3.38. The maximum Gasteiger partial charge on any atom is 0.264 e. The zero-order valence-electron chi connectivity index (χ0n) is 18.7. The van der Waals surface area contributed by atoms with Crippen LogP contribution in [0.25, 0.3) is 0 Å². The van der Waals surface area contributed by atoms with Crippen molar-refractivity contribution < 1.29 is 27.4 Å². The number of nitrogens with zero attached hydrogens (tertiary/aromatic N) is 2. The molecule has 1 fully saturated rings. The maximum atomic E-state index is 13.7. The van der Waals surface area contributed by atoms with Crippen molar-refractivity contribution in [3.8, 4) is 17.2 Å². The zero-order valence-corrected chi connectivity index (χ0v) is 19.6. The van der Waals surface area contributed by atoms with Crippen LogP contribution in [-0.4, -0.2) is 59.7 Å². The van der Waals surface area contributed by atoms with E-state index in [0.717, 1.165) is 23.6 Å². The average Bonchev–Trinajstić information content (AvgIpc) is 2.83. The Morgan fingerprint density at radius 3 is 2.22 bits per heavy atom. The van der Waals surface area contributed by atoms with Gasteiger partial charge in [-0.15, -0.1) is 0 Å². The Kier molecular flexibility index (Phi) is 7.84. The van der Waals surface area contributed by atoms with Gasteiger partial charge in [-0.2, -0.15) is 0 Å². The molecule has 3 rings (SSSR count). The molecule has 0 saturated carbocycles. The van der Waals surface area contributed by atoms with E-state index >= 15 is 0 Å². The molecule has 0 aromatic heterocycles. The van der Waals surface area contributed by atoms with Crippen LogP contribution < -0.4 is 18.5 Å². The van der Waals surface area contributed by atoms with Gasteiger partial charge in [-0.3, -0.25) is 9.10 Å². The molecule has 1 amide bonds. The molecule has 2 aromatic carbocycles. The van der Waals surface area contributed by atoms with E-state index in [1.807, 2.05) is 6.92 Å². The van der Waals surface area contributed by atoms with Crippen LogP contribution in [0, 0.1) is 0 Å². The largest absolute Gasteiger partial charge is 0.494 e. The lowest BCUT2D eigenvalue weighted by Crippen LogP contribution is -2.44. The minimum Gasteiger partial charge on any atom is -0.494 e. The van der Waals surface area contributed by atoms with Crippen LogP contribution in [0.4, 0.5) is 5.69 Å². The predicted molar refractivity (Wildman–Crippen MR) is 122 cm³/mol. The SMILES string of the molecule is CCOc1ccc(N(CC(=O)N2CCCCC2)S(=O)(=O)c2ccc(OC)c(OC)c2)cc1. The minimum absolute atomic E-state index is 0.00970. The highest BCUT2D eigenvalue weighted by Crippen LogP contribution is 2.32. The molecule has 0 aliphatic carbocycles. The summed E-state index contributed by atoms with van der Waals surface area (Å²) in [6, 6.07) is 11.1. The van der Waals surface area contributed by atoms with Gasteiger partial charge in [0, 0.05) is 19.2 Å². The molecular weight excluding hydrogens is 432 g/mol. The molecule has 174 valence electrons. The van der Waals surface area contributed by atoms with E-state index in [0.29, 0.717) is 42.6 Å². The first-order valence-corrected chi connectivity index (χ1v) is 12.1. The van der Waals surface area contributed by atoms with Crippen molar-refractivity contribution in [3.63, 3.8) is 0 Å². The van der Waals surface area contributed by atoms with Crippen molar-refractivity contribution in [1.82, 2.24) is 4.90 Å². The minimum atomic E-state index is -4.06. The molecule has 0 N–H and O–H groups in total. The molecule has 32 heavy (non-hydrogen) atoms. The van der Waals surface area contributed by atoms with Gasteiger partial charge < -0.3 is 19.1 Å². The molecule has 0 spiro atoms. The average molecular weight is 463 g/mol. The standard InChI is InChI=1S/C23H30N2O6S/c1-4-31-19-10-8-18(9-11-19)25(17-23(26)24-14-6-5-7-15-24)32(27,28)20-12-13-21(29-2)22(16-20)30-3/h8-13,16H,4-7,14-15,17H2,1-3H3. The Bertz CT molecular complexity index is 1020. The van der Waals surface area contributed by atoms with Gasteiger partial charge in [0.15, 0.2) is 11.5 Å². The van der Waals surface area contributed by atoms with Crippen molar-refractivity contribution in [3.05, 3.63) is 42.5 Å². The molecule has 1 heterocycles. The molecule has 1 aliphatic heterocycles. The van der Waals surface area contributed by atoms with Gasteiger partial charge in [0.05, 0.1) is 31.4 Å². The number of hydrogen-bond acceptors (Lipinski definition) is 6. The summed E-state index contributed by atoms with van der Waals surface area (Å²) in [6.07, 6.45) is 2.94. The fraction of sp³-hybridized carbons (Fsp3) is 0.435. The van der Waals surface area contributed by atoms with Gasteiger partial charge in [-0.25, -0.2) is 8.42 Å². The normalized spacial score (nSPS) is 14.0. The Balaban J connectivity index is 1.99. The summed E-state index contributed by atoms with van der Waals surface area (Å²) in [4.78, 5) is 14.7. The molecule has 1 saturated heterocycles. The molecule has 8 nitrogen and oxygen atoms in total. The summed E-state index contributed by atoms with van der Waals surface area (Å²) >= 11 is 0. The second kappa shape index (κ2) is 10.6. The highest BCUT2D eigenvalue weighted by molar-refractivity contribution is 7.92. The smallest absolute Gasteiger partial charge is 0.264 e. The van der Waals surface area contributed by atoms with Gasteiger partial charge in [-0.05, 0) is 62.6 Å². The van der Waals surface area contributed by atoms with E-state index in [4.69, 9.17) is 14.2 Å². The first-order chi connectivity index (χ1) is 15.4. The van der Waals surface area contributed by atoms with Crippen molar-refractivity contribution in [1.29, 1.82) is 0 Å². The van der Waals surface area contributed by atoms with Gasteiger partial charge in [0.25, 0.3) is 10.0 Å². The number of anilines is 1. The number of likely N-dealkylation sites (tertiary alicyclic amines) is 1. The van der Waals surface area contributed by atoms with Crippen molar-refractivity contribution in [2.24, 2.45) is 0 Å². The van der Waals surface area contributed by atoms with Gasteiger partial charge >= 0.3 is 0 Å².